The smallest absolute Gasteiger partial charge is 0.224 e. The average Bonchev–Trinajstić information content (AvgIpc) is 3.62. The Morgan fingerprint density at radius 2 is 1.91 bits per heavy atom. The number of amides is 1. The predicted octanol–water partition coefficient (Wildman–Crippen LogP) is 5.64. The van der Waals surface area contributed by atoms with Crippen LogP contribution in [0.1, 0.15) is 13.3 Å². The van der Waals surface area contributed by atoms with E-state index < -0.39 is 0 Å². The topological polar surface area (TPSA) is 112 Å². The number of aromatic amines is 2. The second-order valence-corrected chi connectivity index (χ2v) is 8.66. The summed E-state index contributed by atoms with van der Waals surface area (Å²) in [5.74, 6) is 0.623. The maximum absolute atomic E-state index is 11.8. The predicted molar refractivity (Wildman–Crippen MR) is 134 cm³/mol. The number of aromatic nitrogens is 6. The third-order valence-electron chi connectivity index (χ3n) is 5.69. The van der Waals surface area contributed by atoms with Crippen molar-refractivity contribution in [3.05, 3.63) is 65.9 Å². The lowest BCUT2D eigenvalue weighted by atomic mass is 10.0. The first-order valence-corrected chi connectivity index (χ1v) is 11.7. The fraction of sp³-hybridized carbons (Fsp3) is 0.0800. The van der Waals surface area contributed by atoms with Crippen LogP contribution in [-0.2, 0) is 4.79 Å². The normalized spacial score (nSPS) is 11.3. The van der Waals surface area contributed by atoms with E-state index in [4.69, 9.17) is 4.98 Å². The summed E-state index contributed by atoms with van der Waals surface area (Å²) >= 11 is 1.64. The SMILES string of the molecule is CCC(=O)Nc1cncc(-c2ccc3[nH]nc(-c4nc5c(-c6ccsc6)cncc5[nH]4)c3c2)c1. The minimum Gasteiger partial charge on any atom is -0.335 e. The number of anilines is 1. The van der Waals surface area contributed by atoms with Crippen molar-refractivity contribution in [2.45, 2.75) is 13.3 Å². The molecule has 9 heteroatoms. The summed E-state index contributed by atoms with van der Waals surface area (Å²) in [6.45, 7) is 1.82. The number of rotatable bonds is 5. The Labute approximate surface area is 198 Å². The van der Waals surface area contributed by atoms with Gasteiger partial charge < -0.3 is 10.3 Å². The van der Waals surface area contributed by atoms with E-state index in [1.165, 1.54) is 0 Å². The molecule has 0 fully saturated rings. The van der Waals surface area contributed by atoms with Crippen molar-refractivity contribution < 1.29 is 4.79 Å². The Kier molecular flexibility index (Phi) is 4.88. The number of carbonyl (C=O) groups excluding carboxylic acids is 1. The molecule has 0 atom stereocenters. The number of benzene rings is 1. The summed E-state index contributed by atoms with van der Waals surface area (Å²) in [5, 5.41) is 15.6. The van der Waals surface area contributed by atoms with Crippen LogP contribution in [0.15, 0.2) is 65.9 Å². The van der Waals surface area contributed by atoms with Crippen molar-refractivity contribution >= 4 is 44.9 Å². The molecule has 0 radical (unpaired) electrons. The lowest BCUT2D eigenvalue weighted by Crippen LogP contribution is -2.09. The summed E-state index contributed by atoms with van der Waals surface area (Å²) in [5.41, 5.74) is 7.96. The molecule has 0 aliphatic carbocycles. The fourth-order valence-corrected chi connectivity index (χ4v) is 4.62. The standard InChI is InChI=1S/C25H19N7OS/c1-2-22(33)28-17-7-16(9-26-10-17)14-3-4-20-18(8-14)24(32-31-20)25-29-21-12-27-11-19(23(21)30-25)15-5-6-34-13-15/h3-13H,2H2,1H3,(H,28,33)(H,29,30)(H,31,32). The van der Waals surface area contributed by atoms with E-state index in [1.54, 1.807) is 29.9 Å². The number of H-pyrrole nitrogens is 2. The molecule has 0 saturated heterocycles. The second-order valence-electron chi connectivity index (χ2n) is 7.88. The first-order chi connectivity index (χ1) is 16.7. The van der Waals surface area contributed by atoms with E-state index in [2.05, 4.69) is 48.0 Å². The van der Waals surface area contributed by atoms with Gasteiger partial charge in [-0.05, 0) is 46.2 Å². The molecule has 1 amide bonds. The number of hydrogen-bond acceptors (Lipinski definition) is 6. The average molecular weight is 466 g/mol. The minimum absolute atomic E-state index is 0.0484. The van der Waals surface area contributed by atoms with Crippen LogP contribution in [0.4, 0.5) is 5.69 Å². The number of carbonyl (C=O) groups is 1. The number of thiophene rings is 1. The van der Waals surface area contributed by atoms with Gasteiger partial charge in [-0.1, -0.05) is 13.0 Å². The van der Waals surface area contributed by atoms with Gasteiger partial charge in [0.25, 0.3) is 0 Å². The van der Waals surface area contributed by atoms with Crippen LogP contribution < -0.4 is 5.32 Å². The van der Waals surface area contributed by atoms with E-state index in [0.717, 1.165) is 49.9 Å². The third kappa shape index (κ3) is 3.52. The lowest BCUT2D eigenvalue weighted by molar-refractivity contribution is -0.115. The van der Waals surface area contributed by atoms with Crippen molar-refractivity contribution in [2.24, 2.45) is 0 Å². The third-order valence-corrected chi connectivity index (χ3v) is 6.37. The molecule has 5 aromatic heterocycles. The molecule has 34 heavy (non-hydrogen) atoms. The molecule has 0 bridgehead atoms. The maximum atomic E-state index is 11.8. The van der Waals surface area contributed by atoms with E-state index in [1.807, 2.05) is 36.7 Å². The zero-order valence-electron chi connectivity index (χ0n) is 18.2. The number of fused-ring (bicyclic) bond motifs is 2. The summed E-state index contributed by atoms with van der Waals surface area (Å²) in [7, 11) is 0. The molecule has 166 valence electrons. The van der Waals surface area contributed by atoms with Crippen molar-refractivity contribution in [1.82, 2.24) is 30.1 Å². The number of nitrogens with zero attached hydrogens (tertiary/aromatic N) is 4. The van der Waals surface area contributed by atoms with Crippen molar-refractivity contribution in [2.75, 3.05) is 5.32 Å². The summed E-state index contributed by atoms with van der Waals surface area (Å²) in [4.78, 5) is 28.7. The number of pyridine rings is 2. The molecule has 3 N–H and O–H groups in total. The second kappa shape index (κ2) is 8.20. The highest BCUT2D eigenvalue weighted by molar-refractivity contribution is 7.08. The Morgan fingerprint density at radius 1 is 1.00 bits per heavy atom. The molecular weight excluding hydrogens is 446 g/mol. The highest BCUT2D eigenvalue weighted by atomic mass is 32.1. The van der Waals surface area contributed by atoms with Crippen LogP contribution in [0.3, 0.4) is 0 Å². The van der Waals surface area contributed by atoms with Crippen LogP contribution in [0.2, 0.25) is 0 Å². The van der Waals surface area contributed by atoms with Gasteiger partial charge in [0.15, 0.2) is 5.82 Å². The van der Waals surface area contributed by atoms with Gasteiger partial charge in [-0.3, -0.25) is 19.9 Å². The first-order valence-electron chi connectivity index (χ1n) is 10.8. The molecule has 5 heterocycles. The summed E-state index contributed by atoms with van der Waals surface area (Å²) < 4.78 is 0. The summed E-state index contributed by atoms with van der Waals surface area (Å²) in [6.07, 6.45) is 7.46. The highest BCUT2D eigenvalue weighted by Crippen LogP contribution is 2.33. The summed E-state index contributed by atoms with van der Waals surface area (Å²) in [6, 6.07) is 10.0. The van der Waals surface area contributed by atoms with Gasteiger partial charge in [-0.15, -0.1) is 0 Å². The van der Waals surface area contributed by atoms with Gasteiger partial charge in [-0.25, -0.2) is 4.98 Å². The molecule has 8 nitrogen and oxygen atoms in total. The van der Waals surface area contributed by atoms with Crippen molar-refractivity contribution in [1.29, 1.82) is 0 Å². The van der Waals surface area contributed by atoms with Crippen LogP contribution in [0.25, 0.3) is 55.7 Å². The quantitative estimate of drug-likeness (QED) is 0.305. The van der Waals surface area contributed by atoms with E-state index in [-0.39, 0.29) is 5.91 Å². The van der Waals surface area contributed by atoms with E-state index >= 15 is 0 Å². The monoisotopic (exact) mass is 465 g/mol. The maximum Gasteiger partial charge on any atom is 0.224 e. The van der Waals surface area contributed by atoms with Gasteiger partial charge in [-0.2, -0.15) is 16.4 Å². The Morgan fingerprint density at radius 3 is 2.76 bits per heavy atom. The number of hydrogen-bond donors (Lipinski definition) is 3. The van der Waals surface area contributed by atoms with Crippen molar-refractivity contribution in [3.63, 3.8) is 0 Å². The van der Waals surface area contributed by atoms with Crippen LogP contribution in [0.5, 0.6) is 0 Å². The highest BCUT2D eigenvalue weighted by Gasteiger charge is 2.16. The molecule has 0 aliphatic heterocycles. The fourth-order valence-electron chi connectivity index (χ4n) is 3.96. The number of imidazole rings is 1. The molecule has 0 unspecified atom stereocenters. The van der Waals surface area contributed by atoms with Crippen molar-refractivity contribution in [3.8, 4) is 33.8 Å². The first kappa shape index (κ1) is 20.3. The van der Waals surface area contributed by atoms with Crippen LogP contribution in [0, 0.1) is 0 Å². The zero-order chi connectivity index (χ0) is 23.1. The largest absolute Gasteiger partial charge is 0.335 e. The molecule has 0 saturated carbocycles. The van der Waals surface area contributed by atoms with E-state index in [9.17, 15) is 4.79 Å². The lowest BCUT2D eigenvalue weighted by Gasteiger charge is -2.06. The Hall–Kier alpha value is -4.37. The molecule has 6 rings (SSSR count). The molecule has 0 aliphatic rings. The zero-order valence-corrected chi connectivity index (χ0v) is 19.0. The van der Waals surface area contributed by atoms with E-state index in [0.29, 0.717) is 17.9 Å². The van der Waals surface area contributed by atoms with Gasteiger partial charge in [0.1, 0.15) is 11.2 Å². The molecule has 0 spiro atoms. The minimum atomic E-state index is -0.0484. The van der Waals surface area contributed by atoms with Gasteiger partial charge in [0.2, 0.25) is 5.91 Å². The van der Waals surface area contributed by atoms with Gasteiger partial charge in [0.05, 0.1) is 29.1 Å². The molecule has 1 aromatic carbocycles. The van der Waals surface area contributed by atoms with Gasteiger partial charge >= 0.3 is 0 Å². The number of nitrogens with one attached hydrogen (secondary N) is 3. The Bertz CT molecular complexity index is 1650. The molecule has 6 aromatic rings. The van der Waals surface area contributed by atoms with Gasteiger partial charge in [0, 0.05) is 35.3 Å². The molecular formula is C25H19N7OS. The van der Waals surface area contributed by atoms with Crippen LogP contribution >= 0.6 is 11.3 Å². The Balaban J connectivity index is 1.43. The van der Waals surface area contributed by atoms with Crippen LogP contribution in [-0.4, -0.2) is 36.0 Å².